The van der Waals surface area contributed by atoms with Crippen LogP contribution in [0.5, 0.6) is 5.75 Å². The number of hydrogen-bond donors (Lipinski definition) is 0. The summed E-state index contributed by atoms with van der Waals surface area (Å²) in [5.41, 5.74) is 1.21. The van der Waals surface area contributed by atoms with Crippen LogP contribution in [0.15, 0.2) is 59.5 Å². The zero-order valence-corrected chi connectivity index (χ0v) is 14.6. The summed E-state index contributed by atoms with van der Waals surface area (Å²) >= 11 is 7.71. The van der Waals surface area contributed by atoms with E-state index in [1.807, 2.05) is 25.1 Å². The number of ether oxygens (including phenoxy) is 1. The molecular weight excluding hydrogens is 357 g/mol. The van der Waals surface area contributed by atoms with Crippen LogP contribution in [0.4, 0.5) is 13.2 Å². The van der Waals surface area contributed by atoms with Gasteiger partial charge in [-0.1, -0.05) is 24.2 Å². The van der Waals surface area contributed by atoms with Crippen molar-refractivity contribution >= 4 is 23.4 Å². The number of aryl methyl sites for hydroxylation is 1. The highest BCUT2D eigenvalue weighted by molar-refractivity contribution is 7.99. The topological polar surface area (TPSA) is 9.23 Å². The Kier molecular flexibility index (Phi) is 6.24. The summed E-state index contributed by atoms with van der Waals surface area (Å²) in [4.78, 5) is 0.956. The number of hydrogen-bond acceptors (Lipinski definition) is 2. The predicted molar refractivity (Wildman–Crippen MR) is 93.0 cm³/mol. The van der Waals surface area contributed by atoms with Crippen molar-refractivity contribution in [3.05, 3.63) is 70.8 Å². The van der Waals surface area contributed by atoms with Gasteiger partial charge in [0, 0.05) is 10.6 Å². The Hall–Kier alpha value is -1.59. The Bertz CT molecular complexity index is 711. The van der Waals surface area contributed by atoms with E-state index in [2.05, 4.69) is 6.58 Å². The minimum absolute atomic E-state index is 0.238. The third kappa shape index (κ3) is 5.49. The molecule has 24 heavy (non-hydrogen) atoms. The molecule has 2 aromatic carbocycles. The fourth-order valence-electron chi connectivity index (χ4n) is 1.87. The first-order valence-electron chi connectivity index (χ1n) is 7.11. The molecule has 2 rings (SSSR count). The molecule has 0 unspecified atom stereocenters. The van der Waals surface area contributed by atoms with Crippen molar-refractivity contribution in [1.82, 2.24) is 0 Å². The Morgan fingerprint density at radius 3 is 2.42 bits per heavy atom. The van der Waals surface area contributed by atoms with Crippen molar-refractivity contribution in [3.63, 3.8) is 0 Å². The van der Waals surface area contributed by atoms with Crippen LogP contribution in [-0.2, 0) is 6.18 Å². The molecule has 1 nitrogen and oxygen atoms in total. The molecule has 0 saturated carbocycles. The molecule has 0 bridgehead atoms. The van der Waals surface area contributed by atoms with Crippen LogP contribution in [0, 0.1) is 6.92 Å². The van der Waals surface area contributed by atoms with Crippen molar-refractivity contribution in [2.45, 2.75) is 18.0 Å². The number of thioether (sulfide) groups is 1. The first kappa shape index (κ1) is 18.7. The van der Waals surface area contributed by atoms with E-state index in [9.17, 15) is 13.2 Å². The maximum atomic E-state index is 12.5. The van der Waals surface area contributed by atoms with Gasteiger partial charge in [-0.15, -0.1) is 11.8 Å². The van der Waals surface area contributed by atoms with E-state index >= 15 is 0 Å². The van der Waals surface area contributed by atoms with Crippen LogP contribution in [0.3, 0.4) is 0 Å². The zero-order chi connectivity index (χ0) is 17.7. The van der Waals surface area contributed by atoms with Crippen molar-refractivity contribution in [3.8, 4) is 5.75 Å². The number of rotatable bonds is 6. The third-order valence-electron chi connectivity index (χ3n) is 3.14. The highest BCUT2D eigenvalue weighted by Gasteiger charge is 2.29. The standard InChI is InChI=1S/C18H16ClF3OS/c1-12-3-8-17(16(19)9-12)24-11-13(2)10-23-15-6-4-14(5-7-15)18(20,21)22/h3-9H,2,10-11H2,1H3. The van der Waals surface area contributed by atoms with Crippen molar-refractivity contribution < 1.29 is 17.9 Å². The van der Waals surface area contributed by atoms with Crippen molar-refractivity contribution in [2.24, 2.45) is 0 Å². The summed E-state index contributed by atoms with van der Waals surface area (Å²) in [6, 6.07) is 10.4. The lowest BCUT2D eigenvalue weighted by Gasteiger charge is -2.11. The Balaban J connectivity index is 1.83. The molecule has 128 valence electrons. The van der Waals surface area contributed by atoms with E-state index in [1.165, 1.54) is 12.1 Å². The summed E-state index contributed by atoms with van der Waals surface area (Å²) < 4.78 is 42.9. The normalized spacial score (nSPS) is 11.4. The quantitative estimate of drug-likeness (QED) is 0.429. The molecule has 0 aliphatic carbocycles. The Morgan fingerprint density at radius 2 is 1.83 bits per heavy atom. The number of halogens is 4. The van der Waals surface area contributed by atoms with Gasteiger partial charge in [0.25, 0.3) is 0 Å². The molecule has 2 aromatic rings. The smallest absolute Gasteiger partial charge is 0.416 e. The van der Waals surface area contributed by atoms with Gasteiger partial charge in [-0.3, -0.25) is 0 Å². The minimum atomic E-state index is -4.34. The highest BCUT2D eigenvalue weighted by Crippen LogP contribution is 2.31. The monoisotopic (exact) mass is 372 g/mol. The van der Waals surface area contributed by atoms with Crippen LogP contribution < -0.4 is 4.74 Å². The predicted octanol–water partition coefficient (Wildman–Crippen LogP) is 6.39. The van der Waals surface area contributed by atoms with E-state index < -0.39 is 11.7 Å². The molecule has 0 atom stereocenters. The molecule has 6 heteroatoms. The second-order valence-electron chi connectivity index (χ2n) is 5.28. The summed E-state index contributed by atoms with van der Waals surface area (Å²) in [5.74, 6) is 0.992. The number of alkyl halides is 3. The maximum absolute atomic E-state index is 12.5. The second-order valence-corrected chi connectivity index (χ2v) is 6.71. The van der Waals surface area contributed by atoms with Crippen LogP contribution in [0.2, 0.25) is 5.02 Å². The van der Waals surface area contributed by atoms with Gasteiger partial charge in [-0.25, -0.2) is 0 Å². The van der Waals surface area contributed by atoms with Gasteiger partial charge in [-0.05, 0) is 54.5 Å². The maximum Gasteiger partial charge on any atom is 0.416 e. The summed E-state index contributed by atoms with van der Waals surface area (Å²) in [6.07, 6.45) is -4.34. The van der Waals surface area contributed by atoms with E-state index in [0.717, 1.165) is 28.2 Å². The molecule has 0 heterocycles. The van der Waals surface area contributed by atoms with Crippen LogP contribution in [0.25, 0.3) is 0 Å². The van der Waals surface area contributed by atoms with E-state index in [4.69, 9.17) is 16.3 Å². The lowest BCUT2D eigenvalue weighted by Crippen LogP contribution is -2.05. The van der Waals surface area contributed by atoms with E-state index in [-0.39, 0.29) is 6.61 Å². The highest BCUT2D eigenvalue weighted by atomic mass is 35.5. The van der Waals surface area contributed by atoms with Crippen molar-refractivity contribution in [2.75, 3.05) is 12.4 Å². The van der Waals surface area contributed by atoms with Gasteiger partial charge in [0.2, 0.25) is 0 Å². The molecule has 0 saturated heterocycles. The summed E-state index contributed by atoms with van der Waals surface area (Å²) in [5, 5.41) is 0.691. The first-order valence-corrected chi connectivity index (χ1v) is 8.48. The molecule has 0 aliphatic heterocycles. The first-order chi connectivity index (χ1) is 11.3. The number of benzene rings is 2. The fourth-order valence-corrected chi connectivity index (χ4v) is 3.07. The average Bonchev–Trinajstić information content (AvgIpc) is 2.51. The largest absolute Gasteiger partial charge is 0.489 e. The van der Waals surface area contributed by atoms with Gasteiger partial charge < -0.3 is 4.74 Å². The molecule has 0 fully saturated rings. The van der Waals surface area contributed by atoms with Gasteiger partial charge in [0.15, 0.2) is 0 Å². The second kappa shape index (κ2) is 7.99. The summed E-state index contributed by atoms with van der Waals surface area (Å²) in [7, 11) is 0. The third-order valence-corrected chi connectivity index (χ3v) is 4.79. The lowest BCUT2D eigenvalue weighted by molar-refractivity contribution is -0.137. The van der Waals surface area contributed by atoms with Gasteiger partial charge in [0.05, 0.1) is 10.6 Å². The fraction of sp³-hybridized carbons (Fsp3) is 0.222. The molecular formula is C18H16ClF3OS. The van der Waals surface area contributed by atoms with Gasteiger partial charge >= 0.3 is 6.18 Å². The van der Waals surface area contributed by atoms with Crippen LogP contribution in [-0.4, -0.2) is 12.4 Å². The summed E-state index contributed by atoms with van der Waals surface area (Å²) in [6.45, 7) is 6.13. The Labute approximate surface area is 148 Å². The zero-order valence-electron chi connectivity index (χ0n) is 13.0. The molecule has 0 radical (unpaired) electrons. The minimum Gasteiger partial charge on any atom is -0.489 e. The molecule has 0 aromatic heterocycles. The van der Waals surface area contributed by atoms with Crippen LogP contribution >= 0.6 is 23.4 Å². The molecule has 0 amide bonds. The van der Waals surface area contributed by atoms with Crippen molar-refractivity contribution in [1.29, 1.82) is 0 Å². The van der Waals surface area contributed by atoms with Crippen LogP contribution in [0.1, 0.15) is 11.1 Å². The van der Waals surface area contributed by atoms with E-state index in [1.54, 1.807) is 11.8 Å². The molecule has 0 spiro atoms. The molecule has 0 N–H and O–H groups in total. The Morgan fingerprint density at radius 1 is 1.17 bits per heavy atom. The van der Waals surface area contributed by atoms with Gasteiger partial charge in [-0.2, -0.15) is 13.2 Å². The van der Waals surface area contributed by atoms with E-state index in [0.29, 0.717) is 16.5 Å². The average molecular weight is 373 g/mol. The molecule has 0 aliphatic rings. The SMILES string of the molecule is C=C(COc1ccc(C(F)(F)F)cc1)CSc1ccc(C)cc1Cl. The lowest BCUT2D eigenvalue weighted by atomic mass is 10.2. The van der Waals surface area contributed by atoms with Gasteiger partial charge in [0.1, 0.15) is 12.4 Å².